The first-order valence-electron chi connectivity index (χ1n) is 10.8. The predicted octanol–water partition coefficient (Wildman–Crippen LogP) is 6.08. The van der Waals surface area contributed by atoms with E-state index >= 15 is 0 Å². The molecule has 1 aliphatic rings. The number of hydrogen-bond acceptors (Lipinski definition) is 4. The molecule has 3 aromatic rings. The van der Waals surface area contributed by atoms with Crippen LogP contribution in [0.3, 0.4) is 0 Å². The zero-order chi connectivity index (χ0) is 20.8. The maximum atomic E-state index is 5.46. The Morgan fingerprint density at radius 3 is 2.57 bits per heavy atom. The number of aromatic nitrogens is 1. The van der Waals surface area contributed by atoms with Crippen molar-refractivity contribution in [1.29, 1.82) is 0 Å². The van der Waals surface area contributed by atoms with Crippen molar-refractivity contribution in [1.82, 2.24) is 4.68 Å². The third-order valence-electron chi connectivity index (χ3n) is 5.71. The summed E-state index contributed by atoms with van der Waals surface area (Å²) in [7, 11) is 1.68. The lowest BCUT2D eigenvalue weighted by Gasteiger charge is -2.22. The Bertz CT molecular complexity index is 1060. The summed E-state index contributed by atoms with van der Waals surface area (Å²) in [6, 6.07) is 17.0. The van der Waals surface area contributed by atoms with Crippen LogP contribution in [0.25, 0.3) is 11.3 Å². The molecule has 1 aliphatic carbocycles. The van der Waals surface area contributed by atoms with Crippen LogP contribution in [0.1, 0.15) is 56.1 Å². The van der Waals surface area contributed by atoms with E-state index in [1.54, 1.807) is 18.4 Å². The summed E-state index contributed by atoms with van der Waals surface area (Å²) in [6.45, 7) is 2.78. The molecule has 5 heteroatoms. The Labute approximate surface area is 182 Å². The van der Waals surface area contributed by atoms with Gasteiger partial charge in [-0.15, -0.1) is 11.3 Å². The zero-order valence-electron chi connectivity index (χ0n) is 17.8. The van der Waals surface area contributed by atoms with Crippen LogP contribution in [0.5, 0.6) is 5.75 Å². The molecular weight excluding hydrogens is 390 g/mol. The van der Waals surface area contributed by atoms with E-state index in [2.05, 4.69) is 34.6 Å². The molecule has 4 nitrogen and oxygen atoms in total. The monoisotopic (exact) mass is 419 g/mol. The van der Waals surface area contributed by atoms with Gasteiger partial charge in [-0.1, -0.05) is 55.7 Å². The molecule has 30 heavy (non-hydrogen) atoms. The van der Waals surface area contributed by atoms with Gasteiger partial charge >= 0.3 is 0 Å². The Hall–Kier alpha value is -2.66. The molecule has 0 aliphatic heterocycles. The molecule has 2 aromatic carbocycles. The first-order chi connectivity index (χ1) is 14.8. The smallest absolute Gasteiger partial charge is 0.206 e. The maximum absolute atomic E-state index is 5.46. The Morgan fingerprint density at radius 1 is 1.07 bits per heavy atom. The number of ether oxygens (including phenoxy) is 1. The minimum Gasteiger partial charge on any atom is -0.496 e. The molecule has 0 atom stereocenters. The van der Waals surface area contributed by atoms with Gasteiger partial charge in [-0.05, 0) is 43.4 Å². The largest absolute Gasteiger partial charge is 0.496 e. The van der Waals surface area contributed by atoms with Gasteiger partial charge in [0.25, 0.3) is 0 Å². The van der Waals surface area contributed by atoms with Gasteiger partial charge in [-0.3, -0.25) is 4.99 Å². The minimum absolute atomic E-state index is 0.719. The van der Waals surface area contributed by atoms with Crippen molar-refractivity contribution < 1.29 is 4.74 Å². The van der Waals surface area contributed by atoms with Crippen LogP contribution in [0.4, 0.5) is 0 Å². The van der Waals surface area contributed by atoms with E-state index in [-0.39, 0.29) is 0 Å². The van der Waals surface area contributed by atoms with E-state index in [4.69, 9.17) is 9.84 Å². The summed E-state index contributed by atoms with van der Waals surface area (Å²) in [6.07, 6.45) is 8.59. The fourth-order valence-electron chi connectivity index (χ4n) is 4.11. The van der Waals surface area contributed by atoms with Gasteiger partial charge in [0.1, 0.15) is 5.75 Å². The van der Waals surface area contributed by atoms with E-state index < -0.39 is 0 Å². The number of para-hydroxylation sites is 1. The van der Waals surface area contributed by atoms with Crippen LogP contribution < -0.4 is 9.54 Å². The molecule has 0 N–H and O–H groups in total. The fraction of sp³-hybridized carbons (Fsp3) is 0.360. The van der Waals surface area contributed by atoms with E-state index in [0.717, 1.165) is 34.3 Å². The Kier molecular flexibility index (Phi) is 6.80. The second-order valence-corrected chi connectivity index (χ2v) is 8.47. The Morgan fingerprint density at radius 2 is 1.83 bits per heavy atom. The SMILES string of the molecule is CCN=c1scc(-c2ccc(C3CCCCC3)cc2)n1N=Cc1ccccc1OC. The van der Waals surface area contributed by atoms with Gasteiger partial charge in [0.05, 0.1) is 19.0 Å². The van der Waals surface area contributed by atoms with E-state index in [0.29, 0.717) is 0 Å². The summed E-state index contributed by atoms with van der Waals surface area (Å²) in [5, 5.41) is 6.92. The zero-order valence-corrected chi connectivity index (χ0v) is 18.6. The van der Waals surface area contributed by atoms with Crippen molar-refractivity contribution in [3.8, 4) is 17.0 Å². The first kappa shape index (κ1) is 20.6. The van der Waals surface area contributed by atoms with Crippen LogP contribution in [0.2, 0.25) is 0 Å². The minimum atomic E-state index is 0.719. The third kappa shape index (κ3) is 4.57. The molecule has 1 fully saturated rings. The molecule has 0 amide bonds. The Balaban J connectivity index is 1.67. The van der Waals surface area contributed by atoms with Crippen LogP contribution in [-0.2, 0) is 0 Å². The number of thiazole rings is 1. The number of methoxy groups -OCH3 is 1. The van der Waals surface area contributed by atoms with Crippen molar-refractivity contribution in [3.05, 3.63) is 69.8 Å². The van der Waals surface area contributed by atoms with Crippen LogP contribution in [-0.4, -0.2) is 24.5 Å². The van der Waals surface area contributed by atoms with E-state index in [9.17, 15) is 0 Å². The van der Waals surface area contributed by atoms with Gasteiger partial charge in [-0.25, -0.2) is 4.68 Å². The number of nitrogens with zero attached hydrogens (tertiary/aromatic N) is 3. The van der Waals surface area contributed by atoms with Crippen LogP contribution >= 0.6 is 11.3 Å². The van der Waals surface area contributed by atoms with Gasteiger partial charge in [0.15, 0.2) is 0 Å². The van der Waals surface area contributed by atoms with Crippen molar-refractivity contribution >= 4 is 17.6 Å². The molecule has 4 rings (SSSR count). The maximum Gasteiger partial charge on any atom is 0.206 e. The van der Waals surface area contributed by atoms with Crippen LogP contribution in [0.15, 0.2) is 64.0 Å². The number of hydrogen-bond donors (Lipinski definition) is 0. The second-order valence-electron chi connectivity index (χ2n) is 7.63. The molecule has 1 saturated carbocycles. The lowest BCUT2D eigenvalue weighted by molar-refractivity contribution is 0.414. The molecule has 156 valence electrons. The molecule has 0 radical (unpaired) electrons. The van der Waals surface area contributed by atoms with Gasteiger partial charge in [-0.2, -0.15) is 5.10 Å². The van der Waals surface area contributed by atoms with Crippen molar-refractivity contribution in [2.45, 2.75) is 44.9 Å². The summed E-state index contributed by atoms with van der Waals surface area (Å²) in [4.78, 5) is 5.53. The quantitative estimate of drug-likeness (QED) is 0.447. The van der Waals surface area contributed by atoms with E-state index in [1.165, 1.54) is 43.2 Å². The number of rotatable bonds is 6. The molecule has 1 heterocycles. The van der Waals surface area contributed by atoms with Gasteiger partial charge in [0.2, 0.25) is 4.80 Å². The lowest BCUT2D eigenvalue weighted by atomic mass is 9.84. The van der Waals surface area contributed by atoms with Gasteiger partial charge < -0.3 is 4.74 Å². The highest BCUT2D eigenvalue weighted by Gasteiger charge is 2.16. The third-order valence-corrected chi connectivity index (χ3v) is 6.57. The predicted molar refractivity (Wildman–Crippen MR) is 126 cm³/mol. The average Bonchev–Trinajstić information content (AvgIpc) is 3.21. The highest BCUT2D eigenvalue weighted by atomic mass is 32.1. The lowest BCUT2D eigenvalue weighted by Crippen LogP contribution is -2.12. The average molecular weight is 420 g/mol. The van der Waals surface area contributed by atoms with Gasteiger partial charge in [0, 0.05) is 23.1 Å². The first-order valence-corrected chi connectivity index (χ1v) is 11.7. The molecule has 0 saturated heterocycles. The van der Waals surface area contributed by atoms with Crippen LogP contribution in [0, 0.1) is 0 Å². The molecule has 0 bridgehead atoms. The topological polar surface area (TPSA) is 38.9 Å². The molecular formula is C25H29N3OS. The highest BCUT2D eigenvalue weighted by molar-refractivity contribution is 7.07. The number of benzene rings is 2. The van der Waals surface area contributed by atoms with Crippen molar-refractivity contribution in [3.63, 3.8) is 0 Å². The highest BCUT2D eigenvalue weighted by Crippen LogP contribution is 2.33. The van der Waals surface area contributed by atoms with E-state index in [1.807, 2.05) is 42.1 Å². The summed E-state index contributed by atoms with van der Waals surface area (Å²) in [5.41, 5.74) is 4.64. The summed E-state index contributed by atoms with van der Waals surface area (Å²) in [5.74, 6) is 1.53. The van der Waals surface area contributed by atoms with Crippen molar-refractivity contribution in [2.75, 3.05) is 13.7 Å². The standard InChI is InChI=1S/C25H29N3OS/c1-3-26-25-28(27-17-22-11-7-8-12-24(22)29-2)23(18-30-25)21-15-13-20(14-16-21)19-9-5-4-6-10-19/h7-8,11-19H,3-6,9-10H2,1-2H3. The summed E-state index contributed by atoms with van der Waals surface area (Å²) < 4.78 is 7.40. The molecule has 0 unspecified atom stereocenters. The normalized spacial score (nSPS) is 15.7. The summed E-state index contributed by atoms with van der Waals surface area (Å²) >= 11 is 1.62. The fourth-order valence-corrected chi connectivity index (χ4v) is 5.01. The molecule has 0 spiro atoms. The molecule has 1 aromatic heterocycles. The second kappa shape index (κ2) is 9.90. The van der Waals surface area contributed by atoms with Crippen molar-refractivity contribution in [2.24, 2.45) is 10.1 Å².